The first kappa shape index (κ1) is 23.6. The van der Waals surface area contributed by atoms with Crippen molar-refractivity contribution in [3.05, 3.63) is 36.3 Å². The molecule has 0 bridgehead atoms. The molecule has 0 spiro atoms. The Morgan fingerprint density at radius 2 is 2.12 bits per heavy atom. The van der Waals surface area contributed by atoms with E-state index < -0.39 is 23.4 Å². The molecule has 1 amide bonds. The number of carbonyl (C=O) groups excluding carboxylic acids is 1. The van der Waals surface area contributed by atoms with Crippen LogP contribution in [0.15, 0.2) is 30.7 Å². The average Bonchev–Trinajstić information content (AvgIpc) is 3.17. The summed E-state index contributed by atoms with van der Waals surface area (Å²) in [7, 11) is 0. The monoisotopic (exact) mass is 479 g/mol. The number of fused-ring (bicyclic) bond motifs is 1. The van der Waals surface area contributed by atoms with Crippen LogP contribution < -0.4 is 10.0 Å². The van der Waals surface area contributed by atoms with Crippen LogP contribution in [0.1, 0.15) is 39.2 Å². The Morgan fingerprint density at radius 1 is 1.35 bits per heavy atom. The van der Waals surface area contributed by atoms with Crippen LogP contribution in [-0.4, -0.2) is 55.9 Å². The number of carbonyl (C=O) groups is 1. The minimum Gasteiger partial charge on any atom is -0.444 e. The lowest BCUT2D eigenvalue weighted by Crippen LogP contribution is -2.47. The maximum absolute atomic E-state index is 13.8. The number of anilines is 1. The van der Waals surface area contributed by atoms with Gasteiger partial charge in [0.15, 0.2) is 0 Å². The van der Waals surface area contributed by atoms with Gasteiger partial charge in [0.25, 0.3) is 0 Å². The molecule has 182 valence electrons. The fraction of sp³-hybridized carbons (Fsp3) is 0.455. The molecule has 3 aromatic heterocycles. The Kier molecular flexibility index (Phi) is 6.00. The molecule has 0 aliphatic carbocycles. The van der Waals surface area contributed by atoms with Crippen LogP contribution in [-0.2, 0) is 10.9 Å². The second-order valence-electron chi connectivity index (χ2n) is 9.18. The number of pyridine rings is 1. The predicted octanol–water partition coefficient (Wildman–Crippen LogP) is 3.98. The number of H-pyrrole nitrogens is 1. The molecule has 0 aromatic carbocycles. The van der Waals surface area contributed by atoms with Crippen molar-refractivity contribution in [1.29, 1.82) is 0 Å². The zero-order valence-electron chi connectivity index (χ0n) is 19.0. The summed E-state index contributed by atoms with van der Waals surface area (Å²) in [6.07, 6.45) is -0.263. The zero-order valence-corrected chi connectivity index (χ0v) is 19.0. The predicted molar refractivity (Wildman–Crippen MR) is 116 cm³/mol. The number of ether oxygens (including phenoxy) is 1. The summed E-state index contributed by atoms with van der Waals surface area (Å²) in [5.74, 6) is 0.0150. The number of aromatic nitrogens is 4. The number of piperidine rings is 1. The smallest absolute Gasteiger partial charge is 0.419 e. The highest BCUT2D eigenvalue weighted by molar-refractivity contribution is 5.92. The van der Waals surface area contributed by atoms with E-state index in [-0.39, 0.29) is 28.9 Å². The number of alkyl halides is 3. The molecule has 1 aliphatic heterocycles. The summed E-state index contributed by atoms with van der Waals surface area (Å²) in [6.45, 7) is 6.19. The van der Waals surface area contributed by atoms with Crippen molar-refractivity contribution in [2.45, 2.75) is 51.4 Å². The van der Waals surface area contributed by atoms with Crippen LogP contribution in [0, 0.1) is 0 Å². The normalized spacial score (nSPS) is 17.1. The third-order valence-corrected chi connectivity index (χ3v) is 5.37. The number of likely N-dealkylation sites (tertiary alicyclic amines) is 1. The lowest BCUT2D eigenvalue weighted by Gasteiger charge is -2.34. The molecular formula is C22H26F3N6O3+. The van der Waals surface area contributed by atoms with Crippen molar-refractivity contribution in [2.75, 3.05) is 18.4 Å². The molecule has 34 heavy (non-hydrogen) atoms. The quantitative estimate of drug-likeness (QED) is 0.388. The first-order valence-electron chi connectivity index (χ1n) is 10.8. The standard InChI is InChI=1S/C22H25F3N6O3/c1-21(2,3)34-20(32)30-8-4-6-13(12-30)28-19-27-11-16(22(23,24)25)17(29-19)15-10-26-18-14(15)7-5-9-31(18)33/h5,7,9-11,13,33H,4,6,8,12H2,1-3H3,(H,27,28,29)/p+1/t13-/m0/s1. The van der Waals surface area contributed by atoms with Crippen molar-refractivity contribution < 1.29 is 32.6 Å². The van der Waals surface area contributed by atoms with Gasteiger partial charge in [0.1, 0.15) is 17.4 Å². The molecule has 3 N–H and O–H groups in total. The minimum atomic E-state index is -4.68. The van der Waals surface area contributed by atoms with Crippen LogP contribution in [0.25, 0.3) is 22.3 Å². The first-order chi connectivity index (χ1) is 15.9. The van der Waals surface area contributed by atoms with E-state index in [1.165, 1.54) is 18.5 Å². The summed E-state index contributed by atoms with van der Waals surface area (Å²) in [4.78, 5) is 24.9. The number of amides is 1. The minimum absolute atomic E-state index is 0.0150. The number of rotatable bonds is 3. The van der Waals surface area contributed by atoms with Crippen LogP contribution in [0.3, 0.4) is 0 Å². The van der Waals surface area contributed by atoms with Crippen LogP contribution in [0.5, 0.6) is 0 Å². The Morgan fingerprint density at radius 3 is 2.82 bits per heavy atom. The average molecular weight is 479 g/mol. The number of halogens is 3. The van der Waals surface area contributed by atoms with Gasteiger partial charge in [-0.1, -0.05) is 4.73 Å². The van der Waals surface area contributed by atoms with Gasteiger partial charge in [0.2, 0.25) is 5.95 Å². The maximum atomic E-state index is 13.8. The molecule has 1 fully saturated rings. The number of aromatic amines is 1. The fourth-order valence-corrected chi connectivity index (χ4v) is 3.91. The van der Waals surface area contributed by atoms with Gasteiger partial charge < -0.3 is 20.2 Å². The molecule has 0 radical (unpaired) electrons. The molecule has 1 saturated heterocycles. The topological polar surface area (TPSA) is 107 Å². The van der Waals surface area contributed by atoms with E-state index in [9.17, 15) is 23.2 Å². The van der Waals surface area contributed by atoms with E-state index in [4.69, 9.17) is 4.74 Å². The number of nitrogens with zero attached hydrogens (tertiary/aromatic N) is 4. The largest absolute Gasteiger partial charge is 0.444 e. The third kappa shape index (κ3) is 5.00. The highest BCUT2D eigenvalue weighted by Crippen LogP contribution is 2.38. The fourth-order valence-electron chi connectivity index (χ4n) is 3.91. The lowest BCUT2D eigenvalue weighted by atomic mass is 10.1. The molecular weight excluding hydrogens is 453 g/mol. The lowest BCUT2D eigenvalue weighted by molar-refractivity contribution is -0.885. The van der Waals surface area contributed by atoms with E-state index in [1.807, 2.05) is 0 Å². The number of hydrogen-bond acceptors (Lipinski definition) is 6. The van der Waals surface area contributed by atoms with Crippen molar-refractivity contribution in [1.82, 2.24) is 19.9 Å². The molecule has 9 nitrogen and oxygen atoms in total. The first-order valence-corrected chi connectivity index (χ1v) is 10.8. The summed E-state index contributed by atoms with van der Waals surface area (Å²) in [6, 6.07) is 2.84. The van der Waals surface area contributed by atoms with E-state index in [2.05, 4.69) is 20.3 Å². The molecule has 0 saturated carbocycles. The van der Waals surface area contributed by atoms with Gasteiger partial charge in [-0.25, -0.2) is 19.7 Å². The van der Waals surface area contributed by atoms with E-state index in [0.717, 1.165) is 10.9 Å². The van der Waals surface area contributed by atoms with Crippen LogP contribution in [0.2, 0.25) is 0 Å². The Hall–Kier alpha value is -3.57. The van der Waals surface area contributed by atoms with Gasteiger partial charge in [0, 0.05) is 25.3 Å². The van der Waals surface area contributed by atoms with Gasteiger partial charge >= 0.3 is 17.9 Å². The van der Waals surface area contributed by atoms with E-state index >= 15 is 0 Å². The molecule has 12 heteroatoms. The Labute approximate surface area is 193 Å². The SMILES string of the molecule is CC(C)(C)OC(=O)N1CCC[C@H](Nc2ncc(C(F)(F)F)c(-c3c[nH]c4c3ccc[n+]4O)n2)C1. The van der Waals surface area contributed by atoms with Gasteiger partial charge in [-0.3, -0.25) is 0 Å². The number of hydrogen-bond donors (Lipinski definition) is 3. The maximum Gasteiger partial charge on any atom is 0.419 e. The second-order valence-corrected chi connectivity index (χ2v) is 9.18. The van der Waals surface area contributed by atoms with Gasteiger partial charge in [-0.15, -0.1) is 0 Å². The number of nitrogens with one attached hydrogen (secondary N) is 2. The summed E-state index contributed by atoms with van der Waals surface area (Å²) < 4.78 is 47.5. The zero-order chi connectivity index (χ0) is 24.7. The van der Waals surface area contributed by atoms with Gasteiger partial charge in [-0.2, -0.15) is 13.2 Å². The molecule has 4 heterocycles. The van der Waals surface area contributed by atoms with Crippen molar-refractivity contribution >= 4 is 23.1 Å². The molecule has 1 aliphatic rings. The molecule has 1 atom stereocenters. The molecule has 3 aromatic rings. The van der Waals surface area contributed by atoms with Crippen LogP contribution >= 0.6 is 0 Å². The highest BCUT2D eigenvalue weighted by atomic mass is 19.4. The van der Waals surface area contributed by atoms with E-state index in [1.54, 1.807) is 31.7 Å². The summed E-state index contributed by atoms with van der Waals surface area (Å²) in [5.41, 5.74) is -1.53. The van der Waals surface area contributed by atoms with Crippen LogP contribution in [0.4, 0.5) is 23.9 Å². The van der Waals surface area contributed by atoms with Gasteiger partial charge in [0.05, 0.1) is 22.8 Å². The summed E-state index contributed by atoms with van der Waals surface area (Å²) in [5, 5.41) is 13.4. The van der Waals surface area contributed by atoms with Crippen molar-refractivity contribution in [3.63, 3.8) is 0 Å². The van der Waals surface area contributed by atoms with E-state index in [0.29, 0.717) is 31.3 Å². The molecule has 0 unspecified atom stereocenters. The Balaban J connectivity index is 1.63. The van der Waals surface area contributed by atoms with Gasteiger partial charge in [-0.05, 0) is 45.7 Å². The second kappa shape index (κ2) is 8.65. The van der Waals surface area contributed by atoms with Crippen molar-refractivity contribution in [3.8, 4) is 11.3 Å². The third-order valence-electron chi connectivity index (χ3n) is 5.37. The van der Waals surface area contributed by atoms with Crippen molar-refractivity contribution in [2.24, 2.45) is 0 Å². The molecule has 4 rings (SSSR count). The summed E-state index contributed by atoms with van der Waals surface area (Å²) >= 11 is 0. The highest BCUT2D eigenvalue weighted by Gasteiger charge is 2.37. The Bertz CT molecular complexity index is 1200.